The van der Waals surface area contributed by atoms with Gasteiger partial charge in [-0.15, -0.1) is 34.3 Å². The van der Waals surface area contributed by atoms with Crippen LogP contribution in [0.1, 0.15) is 35.4 Å². The Hall–Kier alpha value is -0.580. The monoisotopic (exact) mass is 311 g/mol. The SMILES string of the molecule is O=C(c1cc2sccc2s1)N1C2CCC1CC(Cl)C2. The number of amides is 1. The number of hydrogen-bond acceptors (Lipinski definition) is 3. The predicted octanol–water partition coefficient (Wildman–Crippen LogP) is 4.34. The van der Waals surface area contributed by atoms with E-state index in [2.05, 4.69) is 22.4 Å². The molecule has 0 aromatic carbocycles. The molecule has 100 valence electrons. The van der Waals surface area contributed by atoms with E-state index < -0.39 is 0 Å². The van der Waals surface area contributed by atoms with Crippen LogP contribution in [0.2, 0.25) is 0 Å². The van der Waals surface area contributed by atoms with Gasteiger partial charge in [-0.3, -0.25) is 4.79 Å². The highest BCUT2D eigenvalue weighted by Gasteiger charge is 2.43. The van der Waals surface area contributed by atoms with Gasteiger partial charge in [-0.2, -0.15) is 0 Å². The Morgan fingerprint density at radius 3 is 2.68 bits per heavy atom. The first-order chi connectivity index (χ1) is 9.22. The predicted molar refractivity (Wildman–Crippen MR) is 81.6 cm³/mol. The molecule has 2 unspecified atom stereocenters. The molecule has 4 heterocycles. The van der Waals surface area contributed by atoms with Gasteiger partial charge >= 0.3 is 0 Å². The number of nitrogens with zero attached hydrogens (tertiary/aromatic N) is 1. The lowest BCUT2D eigenvalue weighted by Gasteiger charge is -2.36. The maximum absolute atomic E-state index is 12.7. The van der Waals surface area contributed by atoms with Gasteiger partial charge in [0, 0.05) is 26.9 Å². The molecule has 19 heavy (non-hydrogen) atoms. The van der Waals surface area contributed by atoms with Crippen LogP contribution in [0, 0.1) is 0 Å². The van der Waals surface area contributed by atoms with Crippen LogP contribution < -0.4 is 0 Å². The third-order valence-corrected chi connectivity index (χ3v) is 6.70. The molecule has 0 saturated carbocycles. The van der Waals surface area contributed by atoms with Crippen LogP contribution >= 0.6 is 34.3 Å². The average molecular weight is 312 g/mol. The van der Waals surface area contributed by atoms with Crippen molar-refractivity contribution in [2.75, 3.05) is 0 Å². The van der Waals surface area contributed by atoms with Crippen LogP contribution in [0.15, 0.2) is 17.5 Å². The molecule has 0 spiro atoms. The van der Waals surface area contributed by atoms with Crippen molar-refractivity contribution in [2.45, 2.75) is 43.1 Å². The molecule has 2 atom stereocenters. The topological polar surface area (TPSA) is 20.3 Å². The van der Waals surface area contributed by atoms with Gasteiger partial charge in [0.2, 0.25) is 0 Å². The number of halogens is 1. The van der Waals surface area contributed by atoms with Crippen LogP contribution in [-0.2, 0) is 0 Å². The van der Waals surface area contributed by atoms with Gasteiger partial charge in [0.15, 0.2) is 0 Å². The number of thiophene rings is 2. The Labute approximate surface area is 125 Å². The molecule has 1 amide bonds. The first-order valence-corrected chi connectivity index (χ1v) is 8.79. The fraction of sp³-hybridized carbons (Fsp3) is 0.500. The van der Waals surface area contributed by atoms with Gasteiger partial charge in [-0.1, -0.05) is 0 Å². The second kappa shape index (κ2) is 4.47. The number of fused-ring (bicyclic) bond motifs is 3. The maximum atomic E-state index is 12.7. The van der Waals surface area contributed by atoms with Crippen LogP contribution in [0.25, 0.3) is 9.40 Å². The van der Waals surface area contributed by atoms with Crippen molar-refractivity contribution in [3.8, 4) is 0 Å². The molecule has 0 N–H and O–H groups in total. The quantitative estimate of drug-likeness (QED) is 0.718. The van der Waals surface area contributed by atoms with Crippen molar-refractivity contribution >= 4 is 49.6 Å². The molecule has 4 rings (SSSR count). The Balaban J connectivity index is 1.65. The van der Waals surface area contributed by atoms with Crippen molar-refractivity contribution < 1.29 is 4.79 Å². The van der Waals surface area contributed by atoms with Crippen LogP contribution in [-0.4, -0.2) is 28.3 Å². The van der Waals surface area contributed by atoms with E-state index in [1.807, 2.05) is 0 Å². The maximum Gasteiger partial charge on any atom is 0.264 e. The summed E-state index contributed by atoms with van der Waals surface area (Å²) in [6, 6.07) is 4.89. The van der Waals surface area contributed by atoms with E-state index in [1.54, 1.807) is 22.7 Å². The zero-order valence-electron chi connectivity index (χ0n) is 10.3. The Bertz CT molecular complexity index is 592. The zero-order valence-corrected chi connectivity index (χ0v) is 12.7. The molecule has 2 nitrogen and oxygen atoms in total. The first-order valence-electron chi connectivity index (χ1n) is 6.66. The fourth-order valence-electron chi connectivity index (χ4n) is 3.44. The van der Waals surface area contributed by atoms with Crippen molar-refractivity contribution in [2.24, 2.45) is 0 Å². The Morgan fingerprint density at radius 2 is 2.00 bits per heavy atom. The van der Waals surface area contributed by atoms with E-state index in [0.29, 0.717) is 12.1 Å². The largest absolute Gasteiger partial charge is 0.332 e. The summed E-state index contributed by atoms with van der Waals surface area (Å²) in [7, 11) is 0. The van der Waals surface area contributed by atoms with Gasteiger partial charge in [0.1, 0.15) is 0 Å². The van der Waals surface area contributed by atoms with Gasteiger partial charge in [-0.05, 0) is 43.2 Å². The minimum absolute atomic E-state index is 0.226. The molecule has 5 heteroatoms. The van der Waals surface area contributed by atoms with Crippen molar-refractivity contribution in [1.29, 1.82) is 0 Å². The van der Waals surface area contributed by atoms with Crippen molar-refractivity contribution in [3.63, 3.8) is 0 Å². The summed E-state index contributed by atoms with van der Waals surface area (Å²) in [5, 5.41) is 2.34. The number of alkyl halides is 1. The summed E-state index contributed by atoms with van der Waals surface area (Å²) in [4.78, 5) is 15.7. The van der Waals surface area contributed by atoms with Gasteiger partial charge < -0.3 is 4.90 Å². The van der Waals surface area contributed by atoms with Gasteiger partial charge in [0.05, 0.1) is 4.88 Å². The minimum Gasteiger partial charge on any atom is -0.332 e. The second-order valence-electron chi connectivity index (χ2n) is 5.43. The highest BCUT2D eigenvalue weighted by atomic mass is 35.5. The second-order valence-corrected chi connectivity index (χ2v) is 8.07. The lowest BCUT2D eigenvalue weighted by Crippen LogP contribution is -2.46. The molecule has 2 aliphatic heterocycles. The number of carbonyl (C=O) groups excluding carboxylic acids is 1. The van der Waals surface area contributed by atoms with E-state index in [1.165, 1.54) is 9.40 Å². The molecule has 2 bridgehead atoms. The van der Waals surface area contributed by atoms with E-state index in [0.717, 1.165) is 30.6 Å². The van der Waals surface area contributed by atoms with E-state index in [-0.39, 0.29) is 11.3 Å². The standard InChI is InChI=1S/C14H14ClNOS2/c15-8-5-9-1-2-10(6-8)16(9)14(17)13-7-12-11(19-13)3-4-18-12/h3-4,7-10H,1-2,5-6H2. The summed E-state index contributed by atoms with van der Waals surface area (Å²) >= 11 is 9.61. The minimum atomic E-state index is 0.226. The molecule has 2 aromatic heterocycles. The molecule has 2 aliphatic rings. The van der Waals surface area contributed by atoms with Gasteiger partial charge in [-0.25, -0.2) is 0 Å². The van der Waals surface area contributed by atoms with E-state index in [4.69, 9.17) is 11.6 Å². The molecular weight excluding hydrogens is 298 g/mol. The zero-order chi connectivity index (χ0) is 13.0. The third kappa shape index (κ3) is 1.92. The average Bonchev–Trinajstić information content (AvgIpc) is 3.00. The van der Waals surface area contributed by atoms with E-state index >= 15 is 0 Å². The number of carbonyl (C=O) groups is 1. The lowest BCUT2D eigenvalue weighted by atomic mass is 10.0. The summed E-state index contributed by atoms with van der Waals surface area (Å²) < 4.78 is 2.46. The van der Waals surface area contributed by atoms with Crippen molar-refractivity contribution in [3.05, 3.63) is 22.4 Å². The Kier molecular flexibility index (Phi) is 2.87. The molecule has 2 aromatic rings. The lowest BCUT2D eigenvalue weighted by molar-refractivity contribution is 0.0605. The summed E-state index contributed by atoms with van der Waals surface area (Å²) in [5.74, 6) is 0.226. The molecule has 0 radical (unpaired) electrons. The summed E-state index contributed by atoms with van der Waals surface area (Å²) in [6.45, 7) is 0. The molecular formula is C14H14ClNOS2. The summed E-state index contributed by atoms with van der Waals surface area (Å²) in [6.07, 6.45) is 4.17. The highest BCUT2D eigenvalue weighted by Crippen LogP contribution is 2.40. The molecule has 2 fully saturated rings. The van der Waals surface area contributed by atoms with Crippen LogP contribution in [0.4, 0.5) is 0 Å². The van der Waals surface area contributed by atoms with Crippen LogP contribution in [0.3, 0.4) is 0 Å². The van der Waals surface area contributed by atoms with Crippen molar-refractivity contribution in [1.82, 2.24) is 4.90 Å². The Morgan fingerprint density at radius 1 is 1.26 bits per heavy atom. The highest BCUT2D eigenvalue weighted by molar-refractivity contribution is 7.27. The normalized spacial score (nSPS) is 30.2. The van der Waals surface area contributed by atoms with Gasteiger partial charge in [0.25, 0.3) is 5.91 Å². The number of piperidine rings is 1. The third-order valence-electron chi connectivity index (χ3n) is 4.26. The number of rotatable bonds is 1. The molecule has 0 aliphatic carbocycles. The first kappa shape index (κ1) is 12.2. The van der Waals surface area contributed by atoms with Crippen LogP contribution in [0.5, 0.6) is 0 Å². The smallest absolute Gasteiger partial charge is 0.264 e. The van der Waals surface area contributed by atoms with E-state index in [9.17, 15) is 4.79 Å². The summed E-state index contributed by atoms with van der Waals surface area (Å²) in [5.41, 5.74) is 0. The number of hydrogen-bond donors (Lipinski definition) is 0. The fourth-order valence-corrected chi connectivity index (χ4v) is 5.90. The molecule has 2 saturated heterocycles.